The molecular formula is C34H60O13S. The molecule has 280 valence electrons. The summed E-state index contributed by atoms with van der Waals surface area (Å²) in [6, 6.07) is 0. The Labute approximate surface area is 284 Å². The van der Waals surface area contributed by atoms with E-state index in [0.717, 1.165) is 25.7 Å². The summed E-state index contributed by atoms with van der Waals surface area (Å²) in [5, 5.41) is 77.4. The van der Waals surface area contributed by atoms with Crippen molar-refractivity contribution in [3.63, 3.8) is 0 Å². The van der Waals surface area contributed by atoms with E-state index in [9.17, 15) is 44.2 Å². The summed E-state index contributed by atoms with van der Waals surface area (Å²) in [7, 11) is -4.91. The number of aliphatic hydroxyl groups is 7. The molecule has 5 rings (SSSR count). The van der Waals surface area contributed by atoms with Crippen LogP contribution in [0.5, 0.6) is 0 Å². The lowest BCUT2D eigenvalue weighted by molar-refractivity contribution is -0.264. The van der Waals surface area contributed by atoms with E-state index in [4.69, 9.17) is 14.0 Å². The topological polar surface area (TPSA) is 224 Å². The van der Waals surface area contributed by atoms with Gasteiger partial charge in [0.2, 0.25) is 0 Å². The van der Waals surface area contributed by atoms with Crippen molar-refractivity contribution < 1.29 is 62.4 Å². The maximum absolute atomic E-state index is 12.6. The van der Waals surface area contributed by atoms with Crippen molar-refractivity contribution in [1.82, 2.24) is 0 Å². The van der Waals surface area contributed by atoms with Crippen LogP contribution < -0.4 is 0 Å². The molecule has 12 unspecified atom stereocenters. The zero-order valence-electron chi connectivity index (χ0n) is 29.0. The van der Waals surface area contributed by atoms with Crippen LogP contribution in [0.2, 0.25) is 0 Å². The molecule has 17 atom stereocenters. The maximum Gasteiger partial charge on any atom is 0.397 e. The van der Waals surface area contributed by atoms with Crippen LogP contribution in [0.1, 0.15) is 92.4 Å². The molecule has 5 aliphatic rings. The molecule has 4 aliphatic carbocycles. The first-order chi connectivity index (χ1) is 22.3. The van der Waals surface area contributed by atoms with Crippen LogP contribution in [-0.4, -0.2) is 117 Å². The van der Waals surface area contributed by atoms with Gasteiger partial charge < -0.3 is 45.2 Å². The number of ether oxygens (including phenoxy) is 2. The number of aliphatic hydroxyl groups excluding tert-OH is 6. The lowest BCUT2D eigenvalue weighted by Crippen LogP contribution is -2.68. The summed E-state index contributed by atoms with van der Waals surface area (Å²) < 4.78 is 47.6. The zero-order chi connectivity index (χ0) is 35.6. The van der Waals surface area contributed by atoms with Gasteiger partial charge in [0.05, 0.1) is 43.2 Å². The predicted molar refractivity (Wildman–Crippen MR) is 172 cm³/mol. The molecular weight excluding hydrogens is 648 g/mol. The maximum atomic E-state index is 12.6. The van der Waals surface area contributed by atoms with Crippen LogP contribution in [0.3, 0.4) is 0 Å². The van der Waals surface area contributed by atoms with Gasteiger partial charge in [-0.2, -0.15) is 8.42 Å². The molecule has 4 saturated carbocycles. The highest BCUT2D eigenvalue weighted by atomic mass is 32.3. The van der Waals surface area contributed by atoms with E-state index in [1.807, 2.05) is 0 Å². The number of fused-ring (bicyclic) bond motifs is 5. The Kier molecular flexibility index (Phi) is 11.4. The lowest BCUT2D eigenvalue weighted by Gasteiger charge is -2.65. The predicted octanol–water partition coefficient (Wildman–Crippen LogP) is 1.39. The molecule has 0 aromatic rings. The average Bonchev–Trinajstić information content (AvgIpc) is 3.38. The highest BCUT2D eigenvalue weighted by molar-refractivity contribution is 7.80. The summed E-state index contributed by atoms with van der Waals surface area (Å²) in [5.41, 5.74) is -2.26. The minimum absolute atomic E-state index is 0.000175. The first-order valence-electron chi connectivity index (χ1n) is 17.9. The Morgan fingerprint density at radius 3 is 2.21 bits per heavy atom. The van der Waals surface area contributed by atoms with E-state index in [0.29, 0.717) is 25.7 Å². The van der Waals surface area contributed by atoms with Crippen molar-refractivity contribution in [2.45, 2.75) is 147 Å². The molecule has 0 aromatic carbocycles. The molecule has 1 aliphatic heterocycles. The van der Waals surface area contributed by atoms with Gasteiger partial charge in [-0.1, -0.05) is 41.0 Å². The normalized spacial score (nSPS) is 49.0. The SMILES string of the molecule is CC(C)[C@@H](CCO[C@@H]1O[C@@H](CO)[C@@H](O)C1OS(=O)(=O)O)CC[C@@H](C)C1C(O)C(O)C2C1(C)CCC1C3(C)CCC(O)CC3C(O)CC12O. The third-order valence-corrected chi connectivity index (χ3v) is 14.3. The standard InChI is InChI=1S/C34H60O13S/c1-17(2)19(10-13-45-31-29(47-48(42,43)44)26(38)23(16-35)46-31)7-6-18(3)25-27(39)28(40)30-33(25,5)12-9-24-32(4)11-8-20(36)14-21(32)22(37)15-34(24,30)41/h17-31,35-41H,6-16H2,1-5H3,(H,42,43,44)/t18-,19-,20?,21?,22?,23+,24?,25?,26-,27?,28?,29?,30?,31-,32?,33?,34?/m1/s1. The van der Waals surface area contributed by atoms with Crippen molar-refractivity contribution in [3.05, 3.63) is 0 Å². The molecule has 0 spiro atoms. The smallest absolute Gasteiger partial charge is 0.394 e. The second kappa shape index (κ2) is 14.1. The molecule has 0 bridgehead atoms. The fraction of sp³-hybridized carbons (Fsp3) is 1.00. The van der Waals surface area contributed by atoms with Crippen molar-refractivity contribution in [1.29, 1.82) is 0 Å². The lowest BCUT2D eigenvalue weighted by atomic mass is 9.42. The van der Waals surface area contributed by atoms with Gasteiger partial charge in [-0.25, -0.2) is 4.18 Å². The summed E-state index contributed by atoms with van der Waals surface area (Å²) in [4.78, 5) is 0. The minimum Gasteiger partial charge on any atom is -0.394 e. The molecule has 8 N–H and O–H groups in total. The first kappa shape index (κ1) is 38.7. The van der Waals surface area contributed by atoms with Gasteiger partial charge in [0.25, 0.3) is 0 Å². The Bertz CT molecular complexity index is 1220. The minimum atomic E-state index is -4.91. The molecule has 1 saturated heterocycles. The first-order valence-corrected chi connectivity index (χ1v) is 19.3. The Hall–Kier alpha value is -0.490. The summed E-state index contributed by atoms with van der Waals surface area (Å²) in [5.74, 6) is -0.728. The molecule has 5 fully saturated rings. The van der Waals surface area contributed by atoms with Crippen LogP contribution in [0.4, 0.5) is 0 Å². The van der Waals surface area contributed by atoms with E-state index in [1.165, 1.54) is 0 Å². The van der Waals surface area contributed by atoms with Crippen molar-refractivity contribution in [2.75, 3.05) is 13.2 Å². The molecule has 0 aromatic heterocycles. The quantitative estimate of drug-likeness (QED) is 0.134. The average molecular weight is 709 g/mol. The molecule has 13 nitrogen and oxygen atoms in total. The summed E-state index contributed by atoms with van der Waals surface area (Å²) >= 11 is 0. The Morgan fingerprint density at radius 2 is 1.58 bits per heavy atom. The molecule has 14 heteroatoms. The van der Waals surface area contributed by atoms with E-state index in [-0.39, 0.29) is 54.0 Å². The third-order valence-electron chi connectivity index (χ3n) is 13.9. The fourth-order valence-corrected chi connectivity index (χ4v) is 12.0. The van der Waals surface area contributed by atoms with Gasteiger partial charge in [0.1, 0.15) is 12.2 Å². The largest absolute Gasteiger partial charge is 0.397 e. The highest BCUT2D eigenvalue weighted by Crippen LogP contribution is 2.69. The van der Waals surface area contributed by atoms with Crippen LogP contribution in [0, 0.1) is 52.3 Å². The summed E-state index contributed by atoms with van der Waals surface area (Å²) in [6.45, 7) is 10.0. The second-order valence-corrected chi connectivity index (χ2v) is 17.9. The monoisotopic (exact) mass is 708 g/mol. The number of hydrogen-bond acceptors (Lipinski definition) is 12. The van der Waals surface area contributed by atoms with E-state index >= 15 is 0 Å². The van der Waals surface area contributed by atoms with Crippen molar-refractivity contribution in [2.24, 2.45) is 52.3 Å². The van der Waals surface area contributed by atoms with Crippen molar-refractivity contribution in [3.8, 4) is 0 Å². The third kappa shape index (κ3) is 6.88. The van der Waals surface area contributed by atoms with Gasteiger partial charge >= 0.3 is 10.4 Å². The zero-order valence-corrected chi connectivity index (χ0v) is 29.8. The van der Waals surface area contributed by atoms with Gasteiger partial charge in [-0.15, -0.1) is 0 Å². The van der Waals surface area contributed by atoms with Gasteiger partial charge in [-0.3, -0.25) is 4.55 Å². The van der Waals surface area contributed by atoms with Gasteiger partial charge in [0, 0.05) is 12.3 Å². The van der Waals surface area contributed by atoms with E-state index in [1.54, 1.807) is 0 Å². The molecule has 48 heavy (non-hydrogen) atoms. The van der Waals surface area contributed by atoms with Gasteiger partial charge in [0.15, 0.2) is 12.4 Å². The Balaban J connectivity index is 1.24. The Morgan fingerprint density at radius 1 is 0.917 bits per heavy atom. The van der Waals surface area contributed by atoms with E-state index in [2.05, 4.69) is 38.8 Å². The van der Waals surface area contributed by atoms with Crippen LogP contribution in [-0.2, 0) is 24.1 Å². The van der Waals surface area contributed by atoms with E-state index < -0.39 is 83.0 Å². The number of hydrogen-bond donors (Lipinski definition) is 8. The molecule has 1 heterocycles. The van der Waals surface area contributed by atoms with Crippen LogP contribution in [0.25, 0.3) is 0 Å². The highest BCUT2D eigenvalue weighted by Gasteiger charge is 2.72. The fourth-order valence-electron chi connectivity index (χ4n) is 11.5. The van der Waals surface area contributed by atoms with Crippen molar-refractivity contribution >= 4 is 10.4 Å². The molecule has 0 amide bonds. The van der Waals surface area contributed by atoms with Crippen LogP contribution in [0.15, 0.2) is 0 Å². The second-order valence-electron chi connectivity index (χ2n) is 16.8. The van der Waals surface area contributed by atoms with Gasteiger partial charge in [-0.05, 0) is 91.3 Å². The number of rotatable bonds is 12. The summed E-state index contributed by atoms with van der Waals surface area (Å²) in [6.07, 6.45) is -3.41. The van der Waals surface area contributed by atoms with Crippen LogP contribution >= 0.6 is 0 Å². The molecule has 0 radical (unpaired) electrons.